The second-order valence-electron chi connectivity index (χ2n) is 6.85. The van der Waals surface area contributed by atoms with Crippen molar-refractivity contribution in [1.82, 2.24) is 10.2 Å². The van der Waals surface area contributed by atoms with E-state index in [0.29, 0.717) is 28.0 Å². The lowest BCUT2D eigenvalue weighted by Gasteiger charge is -2.33. The quantitative estimate of drug-likeness (QED) is 0.637. The predicted molar refractivity (Wildman–Crippen MR) is 111 cm³/mol. The highest BCUT2D eigenvalue weighted by atomic mass is 16.6. The van der Waals surface area contributed by atoms with E-state index in [1.54, 1.807) is 37.4 Å². The first-order valence-corrected chi connectivity index (χ1v) is 9.15. The maximum atomic E-state index is 12.2. The van der Waals surface area contributed by atoms with E-state index in [0.717, 1.165) is 26.2 Å². The Bertz CT molecular complexity index is 918. The molecule has 1 saturated heterocycles. The van der Waals surface area contributed by atoms with E-state index in [9.17, 15) is 14.9 Å². The van der Waals surface area contributed by atoms with Crippen LogP contribution in [-0.4, -0.2) is 56.0 Å². The van der Waals surface area contributed by atoms with Gasteiger partial charge in [0.25, 0.3) is 11.6 Å². The van der Waals surface area contributed by atoms with Crippen LogP contribution in [0.5, 0.6) is 0 Å². The van der Waals surface area contributed by atoms with Gasteiger partial charge in [-0.25, -0.2) is 0 Å². The average Bonchev–Trinajstić information content (AvgIpc) is 2.72. The number of nitro groups is 1. The van der Waals surface area contributed by atoms with Crippen LogP contribution in [0.4, 0.5) is 11.4 Å². The van der Waals surface area contributed by atoms with Crippen molar-refractivity contribution in [3.63, 3.8) is 0 Å². The molecule has 146 valence electrons. The van der Waals surface area contributed by atoms with Gasteiger partial charge in [0.2, 0.25) is 0 Å². The number of likely N-dealkylation sites (N-methyl/N-ethyl adjacent to an activating group) is 1. The van der Waals surface area contributed by atoms with E-state index in [4.69, 9.17) is 0 Å². The zero-order valence-corrected chi connectivity index (χ0v) is 16.1. The Balaban J connectivity index is 1.98. The molecule has 2 aromatic carbocycles. The first-order chi connectivity index (χ1) is 13.4. The molecule has 0 saturated carbocycles. The highest BCUT2D eigenvalue weighted by Gasteiger charge is 2.24. The summed E-state index contributed by atoms with van der Waals surface area (Å²) in [6.07, 6.45) is 0. The summed E-state index contributed by atoms with van der Waals surface area (Å²) in [7, 11) is 3.61. The summed E-state index contributed by atoms with van der Waals surface area (Å²) in [5.41, 5.74) is 3.02. The number of carbonyl (C=O) groups is 1. The maximum absolute atomic E-state index is 12.2. The lowest BCUT2D eigenvalue weighted by atomic mass is 9.94. The van der Waals surface area contributed by atoms with E-state index in [2.05, 4.69) is 16.8 Å². The van der Waals surface area contributed by atoms with Crippen LogP contribution in [0.2, 0.25) is 0 Å². The second kappa shape index (κ2) is 8.22. The van der Waals surface area contributed by atoms with Gasteiger partial charge in [-0.15, -0.1) is 0 Å². The topological polar surface area (TPSA) is 78.7 Å². The van der Waals surface area contributed by atoms with Gasteiger partial charge in [-0.2, -0.15) is 0 Å². The number of rotatable bonds is 5. The van der Waals surface area contributed by atoms with E-state index in [-0.39, 0.29) is 16.5 Å². The van der Waals surface area contributed by atoms with Gasteiger partial charge >= 0.3 is 0 Å². The SMILES string of the molecule is C=C(c1ccc(N2CCN(C)CC2)c([N+](=O)[O-])c1)c1ccccc1C(=O)NC. The fraction of sp³-hybridized carbons (Fsp3) is 0.286. The summed E-state index contributed by atoms with van der Waals surface area (Å²) in [5, 5.41) is 14.4. The van der Waals surface area contributed by atoms with Gasteiger partial charge < -0.3 is 15.1 Å². The molecule has 1 heterocycles. The van der Waals surface area contributed by atoms with Crippen LogP contribution in [0.15, 0.2) is 49.0 Å². The van der Waals surface area contributed by atoms with Crippen molar-refractivity contribution in [2.45, 2.75) is 0 Å². The minimum absolute atomic E-state index is 0.0561. The van der Waals surface area contributed by atoms with Gasteiger partial charge in [0.1, 0.15) is 5.69 Å². The molecule has 0 spiro atoms. The molecular formula is C21H24N4O3. The predicted octanol–water partition coefficient (Wildman–Crippen LogP) is 2.77. The highest BCUT2D eigenvalue weighted by Crippen LogP contribution is 2.34. The third-order valence-corrected chi connectivity index (χ3v) is 5.09. The molecule has 3 rings (SSSR count). The average molecular weight is 380 g/mol. The van der Waals surface area contributed by atoms with Gasteiger partial charge in [0.15, 0.2) is 0 Å². The van der Waals surface area contributed by atoms with E-state index in [1.165, 1.54) is 0 Å². The summed E-state index contributed by atoms with van der Waals surface area (Å²) < 4.78 is 0. The third-order valence-electron chi connectivity index (χ3n) is 5.09. The van der Waals surface area contributed by atoms with Gasteiger partial charge in [-0.1, -0.05) is 30.8 Å². The number of nitrogens with zero attached hydrogens (tertiary/aromatic N) is 3. The molecule has 1 N–H and O–H groups in total. The summed E-state index contributed by atoms with van der Waals surface area (Å²) >= 11 is 0. The lowest BCUT2D eigenvalue weighted by Crippen LogP contribution is -2.44. The molecule has 1 fully saturated rings. The Labute approximate surface area is 164 Å². The van der Waals surface area contributed by atoms with E-state index in [1.807, 2.05) is 24.1 Å². The molecule has 1 aliphatic heterocycles. The first kappa shape index (κ1) is 19.6. The van der Waals surface area contributed by atoms with Gasteiger partial charge in [0.05, 0.1) is 4.92 Å². The molecule has 2 aromatic rings. The molecule has 1 aliphatic rings. The van der Waals surface area contributed by atoms with Crippen molar-refractivity contribution in [3.05, 3.63) is 75.8 Å². The molecule has 0 bridgehead atoms. The van der Waals surface area contributed by atoms with Crippen molar-refractivity contribution in [2.75, 3.05) is 45.2 Å². The zero-order valence-electron chi connectivity index (χ0n) is 16.1. The van der Waals surface area contributed by atoms with Crippen LogP contribution in [0.25, 0.3) is 5.57 Å². The van der Waals surface area contributed by atoms with Crippen molar-refractivity contribution >= 4 is 22.9 Å². The normalized spacial score (nSPS) is 14.6. The van der Waals surface area contributed by atoms with E-state index < -0.39 is 0 Å². The molecule has 0 aromatic heterocycles. The highest BCUT2D eigenvalue weighted by molar-refractivity contribution is 6.00. The monoisotopic (exact) mass is 380 g/mol. The Kier molecular flexibility index (Phi) is 5.75. The summed E-state index contributed by atoms with van der Waals surface area (Å²) in [5.74, 6) is -0.222. The minimum atomic E-state index is -0.352. The van der Waals surface area contributed by atoms with Crippen LogP contribution < -0.4 is 10.2 Å². The number of nitro benzene ring substituents is 1. The van der Waals surface area contributed by atoms with Gasteiger partial charge in [-0.05, 0) is 35.9 Å². The van der Waals surface area contributed by atoms with Gasteiger partial charge in [0, 0.05) is 44.9 Å². The number of benzene rings is 2. The fourth-order valence-electron chi connectivity index (χ4n) is 3.41. The fourth-order valence-corrected chi connectivity index (χ4v) is 3.41. The van der Waals surface area contributed by atoms with Crippen molar-refractivity contribution in [2.24, 2.45) is 0 Å². The molecule has 0 radical (unpaired) electrons. The number of hydrogen-bond acceptors (Lipinski definition) is 5. The third kappa shape index (κ3) is 3.89. The van der Waals surface area contributed by atoms with Crippen LogP contribution in [0.3, 0.4) is 0 Å². The molecule has 7 heteroatoms. The number of nitrogens with one attached hydrogen (secondary N) is 1. The summed E-state index contributed by atoms with van der Waals surface area (Å²) in [4.78, 5) is 27.8. The zero-order chi connectivity index (χ0) is 20.3. The molecule has 7 nitrogen and oxygen atoms in total. The minimum Gasteiger partial charge on any atom is -0.363 e. The molecule has 0 atom stereocenters. The van der Waals surface area contributed by atoms with Crippen LogP contribution >= 0.6 is 0 Å². The van der Waals surface area contributed by atoms with Crippen molar-refractivity contribution in [3.8, 4) is 0 Å². The molecule has 0 unspecified atom stereocenters. The number of amides is 1. The van der Waals surface area contributed by atoms with Gasteiger partial charge in [-0.3, -0.25) is 14.9 Å². The molecule has 0 aliphatic carbocycles. The summed E-state index contributed by atoms with van der Waals surface area (Å²) in [6.45, 7) is 7.33. The number of carbonyl (C=O) groups excluding carboxylic acids is 1. The molecule has 1 amide bonds. The van der Waals surface area contributed by atoms with Crippen LogP contribution in [0.1, 0.15) is 21.5 Å². The van der Waals surface area contributed by atoms with Crippen molar-refractivity contribution < 1.29 is 9.72 Å². The molecule has 28 heavy (non-hydrogen) atoms. The van der Waals surface area contributed by atoms with E-state index >= 15 is 0 Å². The van der Waals surface area contributed by atoms with Crippen molar-refractivity contribution in [1.29, 1.82) is 0 Å². The Hall–Kier alpha value is -3.19. The Morgan fingerprint density at radius 2 is 1.75 bits per heavy atom. The maximum Gasteiger partial charge on any atom is 0.293 e. The number of hydrogen-bond donors (Lipinski definition) is 1. The number of anilines is 1. The first-order valence-electron chi connectivity index (χ1n) is 9.15. The Morgan fingerprint density at radius 1 is 1.11 bits per heavy atom. The van der Waals surface area contributed by atoms with Crippen LogP contribution in [0, 0.1) is 10.1 Å². The van der Waals surface area contributed by atoms with Crippen LogP contribution in [-0.2, 0) is 0 Å². The smallest absolute Gasteiger partial charge is 0.293 e. The second-order valence-corrected chi connectivity index (χ2v) is 6.85. The summed E-state index contributed by atoms with van der Waals surface area (Å²) in [6, 6.07) is 12.3. The molecular weight excluding hydrogens is 356 g/mol. The largest absolute Gasteiger partial charge is 0.363 e. The number of piperazine rings is 1. The Morgan fingerprint density at radius 3 is 2.36 bits per heavy atom. The lowest BCUT2D eigenvalue weighted by molar-refractivity contribution is -0.384. The standard InChI is InChI=1S/C21H24N4O3/c1-15(17-6-4-5-7-18(17)21(26)22-2)16-8-9-19(20(14-16)25(27)28)24-12-10-23(3)11-13-24/h4-9,14H,1,10-13H2,2-3H3,(H,22,26).